The standard InChI is InChI=1S/C19H13ClFN5O2S/c1-28-14-9-23-15(20)6-11(14)12-7-22-8-13(21)17(12)18(27)24-19-26-25-16(29-19)5-4-10-2-3-10/h6-10H,2-3H2,1H3,(H,24,26,27). The molecule has 3 aromatic rings. The molecule has 0 aromatic carbocycles. The number of carbonyl (C=O) groups is 1. The summed E-state index contributed by atoms with van der Waals surface area (Å²) in [5.41, 5.74) is 0.376. The number of carbonyl (C=O) groups excluding carboxylic acids is 1. The average molecular weight is 430 g/mol. The number of amides is 1. The van der Waals surface area contributed by atoms with Crippen molar-refractivity contribution in [2.45, 2.75) is 12.8 Å². The van der Waals surface area contributed by atoms with Crippen molar-refractivity contribution in [1.29, 1.82) is 0 Å². The van der Waals surface area contributed by atoms with Crippen molar-refractivity contribution in [1.82, 2.24) is 20.2 Å². The zero-order valence-corrected chi connectivity index (χ0v) is 16.6. The molecule has 4 rings (SSSR count). The van der Waals surface area contributed by atoms with Crippen LogP contribution in [0.5, 0.6) is 5.75 Å². The summed E-state index contributed by atoms with van der Waals surface area (Å²) in [7, 11) is 1.44. The zero-order valence-electron chi connectivity index (χ0n) is 15.1. The van der Waals surface area contributed by atoms with Crippen LogP contribution in [0.1, 0.15) is 28.2 Å². The average Bonchev–Trinajstić information content (AvgIpc) is 3.44. The first-order valence-electron chi connectivity index (χ1n) is 8.55. The van der Waals surface area contributed by atoms with Gasteiger partial charge in [0.15, 0.2) is 10.8 Å². The van der Waals surface area contributed by atoms with E-state index in [-0.39, 0.29) is 21.4 Å². The maximum atomic E-state index is 14.6. The molecule has 1 saturated carbocycles. The zero-order chi connectivity index (χ0) is 20.4. The van der Waals surface area contributed by atoms with Gasteiger partial charge in [0.25, 0.3) is 5.91 Å². The van der Waals surface area contributed by atoms with Crippen LogP contribution in [-0.2, 0) is 0 Å². The number of rotatable bonds is 4. The van der Waals surface area contributed by atoms with Crippen LogP contribution in [0.15, 0.2) is 24.7 Å². The molecule has 7 nitrogen and oxygen atoms in total. The van der Waals surface area contributed by atoms with Gasteiger partial charge in [0.05, 0.1) is 25.1 Å². The van der Waals surface area contributed by atoms with Gasteiger partial charge in [-0.15, -0.1) is 10.2 Å². The number of anilines is 1. The summed E-state index contributed by atoms with van der Waals surface area (Å²) in [6, 6.07) is 1.48. The molecule has 0 saturated heterocycles. The van der Waals surface area contributed by atoms with E-state index in [0.29, 0.717) is 22.2 Å². The van der Waals surface area contributed by atoms with Gasteiger partial charge in [0.1, 0.15) is 10.9 Å². The molecule has 0 unspecified atom stereocenters. The van der Waals surface area contributed by atoms with Gasteiger partial charge in [0, 0.05) is 23.2 Å². The van der Waals surface area contributed by atoms with Gasteiger partial charge >= 0.3 is 0 Å². The van der Waals surface area contributed by atoms with Crippen molar-refractivity contribution in [2.75, 3.05) is 12.4 Å². The Bertz CT molecular complexity index is 1150. The predicted octanol–water partition coefficient (Wildman–Crippen LogP) is 3.81. The Morgan fingerprint density at radius 1 is 1.31 bits per heavy atom. The van der Waals surface area contributed by atoms with Gasteiger partial charge in [-0.3, -0.25) is 15.1 Å². The molecule has 0 aliphatic heterocycles. The van der Waals surface area contributed by atoms with E-state index in [1.165, 1.54) is 25.6 Å². The second-order valence-electron chi connectivity index (χ2n) is 6.16. The molecule has 1 aliphatic rings. The fourth-order valence-electron chi connectivity index (χ4n) is 2.54. The lowest BCUT2D eigenvalue weighted by Crippen LogP contribution is -2.15. The Balaban J connectivity index is 1.66. The van der Waals surface area contributed by atoms with E-state index in [0.717, 1.165) is 30.4 Å². The van der Waals surface area contributed by atoms with Crippen molar-refractivity contribution in [2.24, 2.45) is 5.92 Å². The third-order valence-corrected chi connectivity index (χ3v) is 5.04. The Hall–Kier alpha value is -3.09. The molecule has 146 valence electrons. The maximum Gasteiger partial charge on any atom is 0.261 e. The SMILES string of the molecule is COc1cnc(Cl)cc1-c1cncc(F)c1C(=O)Nc1nnc(C#CC2CC2)s1. The highest BCUT2D eigenvalue weighted by Crippen LogP contribution is 2.34. The Morgan fingerprint density at radius 2 is 2.14 bits per heavy atom. The first kappa shape index (κ1) is 19.2. The summed E-state index contributed by atoms with van der Waals surface area (Å²) < 4.78 is 19.8. The summed E-state index contributed by atoms with van der Waals surface area (Å²) in [5.74, 6) is 5.25. The first-order valence-corrected chi connectivity index (χ1v) is 9.74. The van der Waals surface area contributed by atoms with Gasteiger partial charge in [-0.05, 0) is 24.8 Å². The van der Waals surface area contributed by atoms with Crippen LogP contribution in [-0.4, -0.2) is 33.2 Å². The van der Waals surface area contributed by atoms with Gasteiger partial charge < -0.3 is 4.74 Å². The van der Waals surface area contributed by atoms with E-state index in [9.17, 15) is 9.18 Å². The van der Waals surface area contributed by atoms with Crippen LogP contribution in [0.4, 0.5) is 9.52 Å². The maximum absolute atomic E-state index is 14.6. The van der Waals surface area contributed by atoms with Gasteiger partial charge in [0.2, 0.25) is 5.13 Å². The summed E-state index contributed by atoms with van der Waals surface area (Å²) >= 11 is 7.10. The van der Waals surface area contributed by atoms with E-state index >= 15 is 0 Å². The molecular formula is C19H13ClFN5O2S. The normalized spacial score (nSPS) is 12.8. The molecule has 0 atom stereocenters. The van der Waals surface area contributed by atoms with Crippen LogP contribution in [0.2, 0.25) is 5.15 Å². The third-order valence-electron chi connectivity index (χ3n) is 4.08. The molecule has 1 fully saturated rings. The lowest BCUT2D eigenvalue weighted by atomic mass is 10.0. The van der Waals surface area contributed by atoms with E-state index in [2.05, 4.69) is 37.3 Å². The minimum Gasteiger partial charge on any atom is -0.494 e. The second-order valence-corrected chi connectivity index (χ2v) is 7.53. The quantitative estimate of drug-likeness (QED) is 0.501. The number of hydrogen-bond acceptors (Lipinski definition) is 7. The molecule has 3 aromatic heterocycles. The first-order chi connectivity index (χ1) is 14.0. The van der Waals surface area contributed by atoms with E-state index in [1.807, 2.05) is 0 Å². The van der Waals surface area contributed by atoms with Crippen molar-refractivity contribution >= 4 is 34.0 Å². The van der Waals surface area contributed by atoms with Crippen LogP contribution < -0.4 is 10.1 Å². The third kappa shape index (κ3) is 4.34. The molecule has 0 spiro atoms. The molecule has 0 radical (unpaired) electrons. The number of methoxy groups -OCH3 is 1. The fraction of sp³-hybridized carbons (Fsp3) is 0.211. The number of nitrogens with one attached hydrogen (secondary N) is 1. The van der Waals surface area contributed by atoms with Gasteiger partial charge in [-0.2, -0.15) is 0 Å². The molecule has 1 amide bonds. The topological polar surface area (TPSA) is 89.9 Å². The fourth-order valence-corrected chi connectivity index (χ4v) is 3.29. The van der Waals surface area contributed by atoms with Crippen molar-refractivity contribution < 1.29 is 13.9 Å². The van der Waals surface area contributed by atoms with Crippen LogP contribution in [0, 0.1) is 23.6 Å². The second kappa shape index (κ2) is 8.11. The summed E-state index contributed by atoms with van der Waals surface area (Å²) in [4.78, 5) is 20.6. The summed E-state index contributed by atoms with van der Waals surface area (Å²) in [6.45, 7) is 0. The van der Waals surface area contributed by atoms with Crippen LogP contribution in [0.25, 0.3) is 11.1 Å². The number of nitrogens with zero attached hydrogens (tertiary/aromatic N) is 4. The highest BCUT2D eigenvalue weighted by molar-refractivity contribution is 7.15. The number of halogens is 2. The van der Waals surface area contributed by atoms with Gasteiger partial charge in [-0.25, -0.2) is 9.37 Å². The monoisotopic (exact) mass is 429 g/mol. The highest BCUT2D eigenvalue weighted by atomic mass is 35.5. The molecule has 3 heterocycles. The summed E-state index contributed by atoms with van der Waals surface area (Å²) in [6.07, 6.45) is 5.91. The van der Waals surface area contributed by atoms with E-state index in [4.69, 9.17) is 16.3 Å². The highest BCUT2D eigenvalue weighted by Gasteiger charge is 2.23. The summed E-state index contributed by atoms with van der Waals surface area (Å²) in [5, 5.41) is 11.3. The Kier molecular flexibility index (Phi) is 5.38. The van der Waals surface area contributed by atoms with Crippen molar-refractivity contribution in [3.05, 3.63) is 46.2 Å². The Labute approximate surface area is 174 Å². The molecule has 29 heavy (non-hydrogen) atoms. The molecule has 0 bridgehead atoms. The largest absolute Gasteiger partial charge is 0.494 e. The predicted molar refractivity (Wildman–Crippen MR) is 106 cm³/mol. The van der Waals surface area contributed by atoms with Crippen LogP contribution >= 0.6 is 22.9 Å². The number of hydrogen-bond donors (Lipinski definition) is 1. The van der Waals surface area contributed by atoms with E-state index < -0.39 is 11.7 Å². The molecule has 1 aliphatic carbocycles. The lowest BCUT2D eigenvalue weighted by molar-refractivity contribution is 0.102. The molecule has 10 heteroatoms. The molecular weight excluding hydrogens is 417 g/mol. The van der Waals surface area contributed by atoms with Crippen LogP contribution in [0.3, 0.4) is 0 Å². The number of aromatic nitrogens is 4. The lowest BCUT2D eigenvalue weighted by Gasteiger charge is -2.12. The smallest absolute Gasteiger partial charge is 0.261 e. The number of pyridine rings is 2. The minimum absolute atomic E-state index is 0.166. The van der Waals surface area contributed by atoms with Gasteiger partial charge in [-0.1, -0.05) is 28.9 Å². The number of ether oxygens (including phenoxy) is 1. The van der Waals surface area contributed by atoms with Crippen molar-refractivity contribution in [3.8, 4) is 28.7 Å². The Morgan fingerprint density at radius 3 is 2.90 bits per heavy atom. The minimum atomic E-state index is -0.798. The van der Waals surface area contributed by atoms with E-state index in [1.54, 1.807) is 0 Å². The molecule has 1 N–H and O–H groups in total. The van der Waals surface area contributed by atoms with Crippen molar-refractivity contribution in [3.63, 3.8) is 0 Å².